The molecule has 30 heavy (non-hydrogen) atoms. The minimum Gasteiger partial charge on any atom is -0.406 e. The van der Waals surface area contributed by atoms with E-state index in [1.807, 2.05) is 0 Å². The Bertz CT molecular complexity index is 1260. The van der Waals surface area contributed by atoms with Crippen molar-refractivity contribution < 1.29 is 17.9 Å². The van der Waals surface area contributed by atoms with Gasteiger partial charge in [0, 0.05) is 21.7 Å². The lowest BCUT2D eigenvalue weighted by atomic mass is 10.2. The predicted octanol–water partition coefficient (Wildman–Crippen LogP) is 5.25. The molecule has 2 heterocycles. The smallest absolute Gasteiger partial charge is 0.406 e. The van der Waals surface area contributed by atoms with Crippen molar-refractivity contribution in [3.05, 3.63) is 76.2 Å². The zero-order valence-electron chi connectivity index (χ0n) is 15.0. The summed E-state index contributed by atoms with van der Waals surface area (Å²) in [5, 5.41) is 1.02. The van der Waals surface area contributed by atoms with Crippen molar-refractivity contribution in [2.75, 3.05) is 0 Å². The van der Waals surface area contributed by atoms with Gasteiger partial charge in [-0.2, -0.15) is 0 Å². The van der Waals surface area contributed by atoms with Crippen molar-refractivity contribution in [3.8, 4) is 5.75 Å². The number of aromatic amines is 1. The molecule has 0 bridgehead atoms. The number of alkyl halides is 3. The molecule has 0 atom stereocenters. The quantitative estimate of drug-likeness (QED) is 0.459. The Hall–Kier alpha value is -3.04. The zero-order chi connectivity index (χ0) is 21.3. The fourth-order valence-corrected chi connectivity index (χ4v) is 3.36. The molecule has 4 aromatic rings. The summed E-state index contributed by atoms with van der Waals surface area (Å²) in [7, 11) is 0. The van der Waals surface area contributed by atoms with Gasteiger partial charge in [-0.1, -0.05) is 35.3 Å². The van der Waals surface area contributed by atoms with E-state index in [4.69, 9.17) is 23.2 Å². The van der Waals surface area contributed by atoms with Gasteiger partial charge in [0.05, 0.1) is 24.9 Å². The summed E-state index contributed by atoms with van der Waals surface area (Å²) >= 11 is 12.5. The summed E-state index contributed by atoms with van der Waals surface area (Å²) < 4.78 is 43.0. The molecule has 1 N–H and O–H groups in total. The number of halogens is 5. The number of hydrogen-bond donors (Lipinski definition) is 1. The summed E-state index contributed by atoms with van der Waals surface area (Å²) in [5.41, 5.74) is 2.24. The molecule has 11 heteroatoms. The second kappa shape index (κ2) is 8.00. The summed E-state index contributed by atoms with van der Waals surface area (Å²) in [6.45, 7) is 0.321. The molecule has 0 aliphatic carbocycles. The van der Waals surface area contributed by atoms with E-state index >= 15 is 0 Å². The second-order valence-electron chi connectivity index (χ2n) is 6.15. The number of benzene rings is 2. The van der Waals surface area contributed by atoms with Crippen LogP contribution in [-0.4, -0.2) is 25.9 Å². The van der Waals surface area contributed by atoms with Crippen molar-refractivity contribution in [2.45, 2.75) is 12.9 Å². The fourth-order valence-electron chi connectivity index (χ4n) is 2.84. The third-order valence-electron chi connectivity index (χ3n) is 4.11. The SMILES string of the molecule is FC(F)(F)Oc1cccc(N=c2ncn(Cc3c(Cl)cccc3Cl)c3nc[nH]c23)c1. The van der Waals surface area contributed by atoms with Gasteiger partial charge in [0.2, 0.25) is 0 Å². The molecule has 0 spiro atoms. The highest BCUT2D eigenvalue weighted by Gasteiger charge is 2.31. The highest BCUT2D eigenvalue weighted by molar-refractivity contribution is 6.36. The Morgan fingerprint density at radius 2 is 1.80 bits per heavy atom. The molecule has 0 amide bonds. The highest BCUT2D eigenvalue weighted by atomic mass is 35.5. The van der Waals surface area contributed by atoms with E-state index in [-0.39, 0.29) is 16.9 Å². The Kier molecular flexibility index (Phi) is 5.40. The van der Waals surface area contributed by atoms with Crippen LogP contribution < -0.4 is 10.2 Å². The van der Waals surface area contributed by atoms with E-state index in [9.17, 15) is 13.2 Å². The molecule has 2 aromatic heterocycles. The van der Waals surface area contributed by atoms with Gasteiger partial charge in [0.25, 0.3) is 0 Å². The lowest BCUT2D eigenvalue weighted by Crippen LogP contribution is -2.17. The topological polar surface area (TPSA) is 68.1 Å². The summed E-state index contributed by atoms with van der Waals surface area (Å²) in [6, 6.07) is 10.5. The van der Waals surface area contributed by atoms with Crippen LogP contribution in [0.2, 0.25) is 10.0 Å². The van der Waals surface area contributed by atoms with E-state index < -0.39 is 6.36 Å². The number of imidazole rings is 1. The van der Waals surface area contributed by atoms with Crippen LogP contribution in [-0.2, 0) is 6.54 Å². The van der Waals surface area contributed by atoms with Crippen molar-refractivity contribution in [1.29, 1.82) is 0 Å². The molecule has 0 aliphatic heterocycles. The number of aromatic nitrogens is 4. The maximum absolute atomic E-state index is 12.4. The third kappa shape index (κ3) is 4.42. The maximum atomic E-state index is 12.4. The van der Waals surface area contributed by atoms with Gasteiger partial charge in [0.15, 0.2) is 11.1 Å². The Morgan fingerprint density at radius 1 is 1.07 bits per heavy atom. The molecular weight excluding hydrogens is 442 g/mol. The standard InChI is InChI=1S/C19H12Cl2F3N5O/c20-14-5-2-6-15(21)13(14)8-29-10-27-17(16-18(29)26-9-25-16)28-11-3-1-4-12(7-11)30-19(22,23)24/h1-7,9-10H,8H2,(H,25,26). The molecule has 2 aromatic carbocycles. The normalized spacial score (nSPS) is 12.5. The molecular formula is C19H12Cl2F3N5O. The number of hydrogen-bond acceptors (Lipinski definition) is 4. The van der Waals surface area contributed by atoms with Crippen LogP contribution in [0.5, 0.6) is 5.75 Å². The first-order chi connectivity index (χ1) is 14.3. The van der Waals surface area contributed by atoms with E-state index in [1.54, 1.807) is 22.8 Å². The Morgan fingerprint density at radius 3 is 2.53 bits per heavy atom. The van der Waals surface area contributed by atoms with Crippen LogP contribution in [0.4, 0.5) is 18.9 Å². The predicted molar refractivity (Wildman–Crippen MR) is 106 cm³/mol. The van der Waals surface area contributed by atoms with Gasteiger partial charge in [-0.05, 0) is 24.3 Å². The minimum absolute atomic E-state index is 0.243. The first-order valence-electron chi connectivity index (χ1n) is 8.52. The summed E-state index contributed by atoms with van der Waals surface area (Å²) in [5.74, 6) is -0.371. The number of nitrogens with zero attached hydrogens (tertiary/aromatic N) is 4. The first-order valence-corrected chi connectivity index (χ1v) is 9.28. The van der Waals surface area contributed by atoms with Gasteiger partial charge in [0.1, 0.15) is 11.3 Å². The largest absolute Gasteiger partial charge is 0.573 e. The zero-order valence-corrected chi connectivity index (χ0v) is 16.5. The lowest BCUT2D eigenvalue weighted by Gasteiger charge is -2.10. The number of nitrogens with one attached hydrogen (secondary N) is 1. The van der Waals surface area contributed by atoms with Crippen molar-refractivity contribution in [2.24, 2.45) is 4.99 Å². The van der Waals surface area contributed by atoms with Crippen molar-refractivity contribution in [1.82, 2.24) is 19.5 Å². The number of fused-ring (bicyclic) bond motifs is 1. The van der Waals surface area contributed by atoms with Gasteiger partial charge in [-0.15, -0.1) is 13.2 Å². The van der Waals surface area contributed by atoms with Crippen LogP contribution in [0.1, 0.15) is 5.56 Å². The monoisotopic (exact) mass is 453 g/mol. The van der Waals surface area contributed by atoms with Crippen molar-refractivity contribution in [3.63, 3.8) is 0 Å². The first kappa shape index (κ1) is 20.2. The van der Waals surface area contributed by atoms with E-state index in [2.05, 4.69) is 24.7 Å². The van der Waals surface area contributed by atoms with Crippen LogP contribution >= 0.6 is 23.2 Å². The van der Waals surface area contributed by atoms with Crippen LogP contribution in [0.3, 0.4) is 0 Å². The number of rotatable bonds is 4. The maximum Gasteiger partial charge on any atom is 0.573 e. The second-order valence-corrected chi connectivity index (χ2v) is 6.97. The Labute approximate surface area is 177 Å². The average molecular weight is 454 g/mol. The molecule has 0 saturated carbocycles. The molecule has 0 aliphatic rings. The van der Waals surface area contributed by atoms with Crippen LogP contribution in [0.15, 0.2) is 60.1 Å². The lowest BCUT2D eigenvalue weighted by molar-refractivity contribution is -0.274. The molecule has 0 saturated heterocycles. The molecule has 0 unspecified atom stereocenters. The molecule has 4 rings (SSSR count). The van der Waals surface area contributed by atoms with Gasteiger partial charge >= 0.3 is 6.36 Å². The third-order valence-corrected chi connectivity index (χ3v) is 4.82. The van der Waals surface area contributed by atoms with E-state index in [1.165, 1.54) is 36.9 Å². The van der Waals surface area contributed by atoms with Gasteiger partial charge in [-0.25, -0.2) is 15.0 Å². The Balaban J connectivity index is 1.74. The minimum atomic E-state index is -4.79. The molecule has 0 fully saturated rings. The van der Waals surface area contributed by atoms with E-state index in [0.29, 0.717) is 33.3 Å². The fraction of sp³-hybridized carbons (Fsp3) is 0.105. The van der Waals surface area contributed by atoms with Gasteiger partial charge < -0.3 is 14.3 Å². The highest BCUT2D eigenvalue weighted by Crippen LogP contribution is 2.27. The molecule has 154 valence electrons. The molecule has 0 radical (unpaired) electrons. The van der Waals surface area contributed by atoms with Crippen LogP contribution in [0, 0.1) is 0 Å². The van der Waals surface area contributed by atoms with E-state index in [0.717, 1.165) is 0 Å². The van der Waals surface area contributed by atoms with Crippen molar-refractivity contribution >= 4 is 40.1 Å². The average Bonchev–Trinajstić information content (AvgIpc) is 3.16. The molecule has 6 nitrogen and oxygen atoms in total. The van der Waals surface area contributed by atoms with Crippen LogP contribution in [0.25, 0.3) is 11.2 Å². The number of H-pyrrole nitrogens is 1. The van der Waals surface area contributed by atoms with Gasteiger partial charge in [-0.3, -0.25) is 0 Å². The summed E-state index contributed by atoms with van der Waals surface area (Å²) in [4.78, 5) is 15.9. The summed E-state index contributed by atoms with van der Waals surface area (Å²) in [6.07, 6.45) is -1.80. The number of ether oxygens (including phenoxy) is 1.